The Bertz CT molecular complexity index is 415. The quantitative estimate of drug-likeness (QED) is 0.873. The third kappa shape index (κ3) is 2.88. The zero-order chi connectivity index (χ0) is 13.0. The van der Waals surface area contributed by atoms with Crippen LogP contribution in [0.2, 0.25) is 0 Å². The van der Waals surface area contributed by atoms with Crippen molar-refractivity contribution in [3.05, 3.63) is 29.6 Å². The van der Waals surface area contributed by atoms with Crippen molar-refractivity contribution in [1.29, 1.82) is 0 Å². The third-order valence-corrected chi connectivity index (χ3v) is 3.69. The van der Waals surface area contributed by atoms with Gasteiger partial charge in [0.15, 0.2) is 0 Å². The molecule has 0 aliphatic carbocycles. The zero-order valence-corrected chi connectivity index (χ0v) is 10.9. The molecule has 2 heterocycles. The standard InChI is InChI=1S/C14H21N3O/c1-2-11(9-15)8-14(18)17-7-5-13-12(10-17)4-3-6-16-13/h3-4,6,11H,2,5,7-10,15H2,1H3. The average Bonchev–Trinajstić information content (AvgIpc) is 2.44. The zero-order valence-electron chi connectivity index (χ0n) is 10.9. The monoisotopic (exact) mass is 247 g/mol. The molecule has 2 N–H and O–H groups in total. The molecular formula is C14H21N3O. The van der Waals surface area contributed by atoms with Gasteiger partial charge in [-0.15, -0.1) is 0 Å². The highest BCUT2D eigenvalue weighted by Crippen LogP contribution is 2.18. The van der Waals surface area contributed by atoms with E-state index in [-0.39, 0.29) is 5.91 Å². The summed E-state index contributed by atoms with van der Waals surface area (Å²) in [4.78, 5) is 18.5. The molecule has 1 aliphatic rings. The first kappa shape index (κ1) is 13.0. The number of aromatic nitrogens is 1. The Balaban J connectivity index is 1.98. The third-order valence-electron chi connectivity index (χ3n) is 3.69. The number of nitrogens with two attached hydrogens (primary N) is 1. The van der Waals surface area contributed by atoms with Gasteiger partial charge in [0.2, 0.25) is 5.91 Å². The Hall–Kier alpha value is -1.42. The van der Waals surface area contributed by atoms with Crippen molar-refractivity contribution in [2.45, 2.75) is 32.7 Å². The van der Waals surface area contributed by atoms with Crippen molar-refractivity contribution in [2.24, 2.45) is 11.7 Å². The van der Waals surface area contributed by atoms with Crippen LogP contribution < -0.4 is 5.73 Å². The maximum atomic E-state index is 12.2. The molecule has 0 saturated carbocycles. The number of pyridine rings is 1. The molecule has 4 heteroatoms. The van der Waals surface area contributed by atoms with Gasteiger partial charge in [-0.3, -0.25) is 9.78 Å². The summed E-state index contributed by atoms with van der Waals surface area (Å²) in [5.41, 5.74) is 7.97. The second-order valence-corrected chi connectivity index (χ2v) is 4.89. The van der Waals surface area contributed by atoms with E-state index in [0.717, 1.165) is 25.1 Å². The summed E-state index contributed by atoms with van der Waals surface area (Å²) in [6.45, 7) is 4.15. The largest absolute Gasteiger partial charge is 0.338 e. The van der Waals surface area contributed by atoms with Gasteiger partial charge < -0.3 is 10.6 Å². The fraction of sp³-hybridized carbons (Fsp3) is 0.571. The predicted octanol–water partition coefficient (Wildman–Crippen LogP) is 1.34. The first-order valence-corrected chi connectivity index (χ1v) is 6.65. The molecule has 0 aromatic carbocycles. The lowest BCUT2D eigenvalue weighted by atomic mass is 10.00. The van der Waals surface area contributed by atoms with Crippen LogP contribution in [0.5, 0.6) is 0 Å². The van der Waals surface area contributed by atoms with Crippen molar-refractivity contribution in [1.82, 2.24) is 9.88 Å². The maximum Gasteiger partial charge on any atom is 0.223 e. The molecule has 1 aromatic rings. The lowest BCUT2D eigenvalue weighted by molar-refractivity contribution is -0.133. The van der Waals surface area contributed by atoms with Gasteiger partial charge in [0.05, 0.1) is 0 Å². The molecule has 1 aromatic heterocycles. The fourth-order valence-corrected chi connectivity index (χ4v) is 2.35. The van der Waals surface area contributed by atoms with E-state index in [9.17, 15) is 4.79 Å². The minimum atomic E-state index is 0.224. The molecule has 1 amide bonds. The van der Waals surface area contributed by atoms with Gasteiger partial charge in [-0.05, 0) is 24.1 Å². The van der Waals surface area contributed by atoms with Gasteiger partial charge in [-0.25, -0.2) is 0 Å². The summed E-state index contributed by atoms with van der Waals surface area (Å²) in [5.74, 6) is 0.537. The summed E-state index contributed by atoms with van der Waals surface area (Å²) in [7, 11) is 0. The molecule has 0 bridgehead atoms. The number of carbonyl (C=O) groups is 1. The number of hydrogen-bond donors (Lipinski definition) is 1. The minimum Gasteiger partial charge on any atom is -0.338 e. The molecule has 98 valence electrons. The molecule has 18 heavy (non-hydrogen) atoms. The van der Waals surface area contributed by atoms with Crippen LogP contribution in [0.25, 0.3) is 0 Å². The lowest BCUT2D eigenvalue weighted by Gasteiger charge is -2.29. The molecule has 1 unspecified atom stereocenters. The van der Waals surface area contributed by atoms with E-state index in [0.29, 0.717) is 25.4 Å². The summed E-state index contributed by atoms with van der Waals surface area (Å²) in [6.07, 6.45) is 4.22. The SMILES string of the molecule is CCC(CN)CC(=O)N1CCc2ncccc2C1. The highest BCUT2D eigenvalue weighted by atomic mass is 16.2. The van der Waals surface area contributed by atoms with Crippen molar-refractivity contribution in [3.8, 4) is 0 Å². The van der Waals surface area contributed by atoms with Crippen LogP contribution in [0.15, 0.2) is 18.3 Å². The molecule has 2 rings (SSSR count). The summed E-state index contributed by atoms with van der Waals surface area (Å²) < 4.78 is 0. The van der Waals surface area contributed by atoms with Gasteiger partial charge in [0.1, 0.15) is 0 Å². The molecule has 0 saturated heterocycles. The van der Waals surface area contributed by atoms with E-state index in [1.807, 2.05) is 17.2 Å². The molecule has 4 nitrogen and oxygen atoms in total. The average molecular weight is 247 g/mol. The number of carbonyl (C=O) groups excluding carboxylic acids is 1. The second kappa shape index (κ2) is 5.96. The van der Waals surface area contributed by atoms with Crippen LogP contribution in [0.3, 0.4) is 0 Å². The fourth-order valence-electron chi connectivity index (χ4n) is 2.35. The first-order valence-electron chi connectivity index (χ1n) is 6.65. The van der Waals surface area contributed by atoms with Gasteiger partial charge in [-0.2, -0.15) is 0 Å². The smallest absolute Gasteiger partial charge is 0.223 e. The topological polar surface area (TPSA) is 59.2 Å². The van der Waals surface area contributed by atoms with E-state index in [4.69, 9.17) is 5.73 Å². The number of rotatable bonds is 4. The minimum absolute atomic E-state index is 0.224. The Kier molecular flexibility index (Phi) is 4.31. The summed E-state index contributed by atoms with van der Waals surface area (Å²) in [6, 6.07) is 3.99. The van der Waals surface area contributed by atoms with E-state index < -0.39 is 0 Å². The van der Waals surface area contributed by atoms with E-state index >= 15 is 0 Å². The number of amides is 1. The van der Waals surface area contributed by atoms with Crippen LogP contribution in [-0.4, -0.2) is 28.9 Å². The van der Waals surface area contributed by atoms with E-state index in [1.54, 1.807) is 0 Å². The molecule has 0 spiro atoms. The summed E-state index contributed by atoms with van der Waals surface area (Å²) in [5, 5.41) is 0. The van der Waals surface area contributed by atoms with Crippen LogP contribution in [0.4, 0.5) is 0 Å². The van der Waals surface area contributed by atoms with Gasteiger partial charge in [-0.1, -0.05) is 19.4 Å². The Morgan fingerprint density at radius 3 is 3.17 bits per heavy atom. The Labute approximate surface area is 108 Å². The Morgan fingerprint density at radius 2 is 2.44 bits per heavy atom. The lowest BCUT2D eigenvalue weighted by Crippen LogP contribution is -2.37. The molecule has 0 radical (unpaired) electrons. The van der Waals surface area contributed by atoms with Crippen LogP contribution in [-0.2, 0) is 17.8 Å². The number of fused-ring (bicyclic) bond motifs is 1. The van der Waals surface area contributed by atoms with Crippen LogP contribution in [0.1, 0.15) is 31.0 Å². The van der Waals surface area contributed by atoms with Gasteiger partial charge in [0, 0.05) is 37.8 Å². The molecule has 1 atom stereocenters. The van der Waals surface area contributed by atoms with Gasteiger partial charge in [0.25, 0.3) is 0 Å². The van der Waals surface area contributed by atoms with Crippen molar-refractivity contribution < 1.29 is 4.79 Å². The van der Waals surface area contributed by atoms with Crippen LogP contribution >= 0.6 is 0 Å². The second-order valence-electron chi connectivity index (χ2n) is 4.89. The summed E-state index contributed by atoms with van der Waals surface area (Å²) >= 11 is 0. The van der Waals surface area contributed by atoms with Crippen molar-refractivity contribution in [2.75, 3.05) is 13.1 Å². The van der Waals surface area contributed by atoms with Gasteiger partial charge >= 0.3 is 0 Å². The first-order chi connectivity index (χ1) is 8.74. The van der Waals surface area contributed by atoms with E-state index in [1.165, 1.54) is 5.56 Å². The Morgan fingerprint density at radius 1 is 1.61 bits per heavy atom. The molecule has 1 aliphatic heterocycles. The highest BCUT2D eigenvalue weighted by molar-refractivity contribution is 5.76. The van der Waals surface area contributed by atoms with E-state index in [2.05, 4.69) is 18.0 Å². The molecule has 0 fully saturated rings. The molecular weight excluding hydrogens is 226 g/mol. The van der Waals surface area contributed by atoms with Crippen molar-refractivity contribution in [3.63, 3.8) is 0 Å². The highest BCUT2D eigenvalue weighted by Gasteiger charge is 2.22. The predicted molar refractivity (Wildman–Crippen MR) is 70.8 cm³/mol. The number of nitrogens with zero attached hydrogens (tertiary/aromatic N) is 2. The number of hydrogen-bond acceptors (Lipinski definition) is 3. The van der Waals surface area contributed by atoms with Crippen molar-refractivity contribution >= 4 is 5.91 Å². The van der Waals surface area contributed by atoms with Crippen LogP contribution in [0, 0.1) is 5.92 Å². The maximum absolute atomic E-state index is 12.2. The normalized spacial score (nSPS) is 16.2.